The SMILES string of the molecule is Cc1cc(N2CCN(C)C(C)C2)ccc1C=CC(=O)O. The van der Waals surface area contributed by atoms with Gasteiger partial charge in [0.15, 0.2) is 0 Å². The molecule has 0 aromatic heterocycles. The molecule has 0 saturated carbocycles. The Morgan fingerprint density at radius 1 is 1.40 bits per heavy atom. The van der Waals surface area contributed by atoms with Crippen molar-refractivity contribution in [1.29, 1.82) is 0 Å². The molecule has 4 nitrogen and oxygen atoms in total. The van der Waals surface area contributed by atoms with Crippen LogP contribution in [-0.2, 0) is 4.79 Å². The van der Waals surface area contributed by atoms with Crippen LogP contribution in [0, 0.1) is 6.92 Å². The monoisotopic (exact) mass is 274 g/mol. The van der Waals surface area contributed by atoms with Gasteiger partial charge in [0.05, 0.1) is 0 Å². The number of aryl methyl sites for hydroxylation is 1. The quantitative estimate of drug-likeness (QED) is 0.859. The summed E-state index contributed by atoms with van der Waals surface area (Å²) in [5.74, 6) is -0.915. The molecular weight excluding hydrogens is 252 g/mol. The predicted octanol–water partition coefficient (Wildman–Crippen LogP) is 2.23. The Labute approximate surface area is 120 Å². The fourth-order valence-electron chi connectivity index (χ4n) is 2.49. The number of hydrogen-bond acceptors (Lipinski definition) is 3. The first kappa shape index (κ1) is 14.6. The molecule has 0 radical (unpaired) electrons. The Morgan fingerprint density at radius 2 is 2.15 bits per heavy atom. The van der Waals surface area contributed by atoms with Gasteiger partial charge in [0.1, 0.15) is 0 Å². The second-order valence-corrected chi connectivity index (χ2v) is 5.49. The molecule has 1 atom stereocenters. The first-order valence-corrected chi connectivity index (χ1v) is 6.94. The lowest BCUT2D eigenvalue weighted by atomic mass is 10.1. The van der Waals surface area contributed by atoms with Gasteiger partial charge in [-0.05, 0) is 50.2 Å². The van der Waals surface area contributed by atoms with Crippen molar-refractivity contribution in [1.82, 2.24) is 4.90 Å². The number of anilines is 1. The van der Waals surface area contributed by atoms with Gasteiger partial charge in [-0.15, -0.1) is 0 Å². The van der Waals surface area contributed by atoms with Gasteiger partial charge in [0.25, 0.3) is 0 Å². The van der Waals surface area contributed by atoms with Crippen LogP contribution < -0.4 is 4.90 Å². The first-order chi connectivity index (χ1) is 9.47. The highest BCUT2D eigenvalue weighted by molar-refractivity contribution is 5.85. The summed E-state index contributed by atoms with van der Waals surface area (Å²) < 4.78 is 0. The molecule has 20 heavy (non-hydrogen) atoms. The van der Waals surface area contributed by atoms with E-state index in [-0.39, 0.29) is 0 Å². The maximum Gasteiger partial charge on any atom is 0.328 e. The lowest BCUT2D eigenvalue weighted by Gasteiger charge is -2.39. The highest BCUT2D eigenvalue weighted by Crippen LogP contribution is 2.22. The number of hydrogen-bond donors (Lipinski definition) is 1. The van der Waals surface area contributed by atoms with Crippen molar-refractivity contribution in [2.24, 2.45) is 0 Å². The molecule has 1 saturated heterocycles. The molecule has 1 aromatic rings. The summed E-state index contributed by atoms with van der Waals surface area (Å²) in [4.78, 5) is 15.3. The topological polar surface area (TPSA) is 43.8 Å². The van der Waals surface area contributed by atoms with E-state index in [0.717, 1.165) is 30.8 Å². The average molecular weight is 274 g/mol. The second kappa shape index (κ2) is 6.09. The summed E-state index contributed by atoms with van der Waals surface area (Å²) in [6.07, 6.45) is 2.83. The standard InChI is InChI=1S/C16H22N2O2/c1-12-10-15(6-4-14(12)5-7-16(19)20)18-9-8-17(3)13(2)11-18/h4-7,10,13H,8-9,11H2,1-3H3,(H,19,20). The van der Waals surface area contributed by atoms with Crippen LogP contribution in [0.4, 0.5) is 5.69 Å². The number of carboxylic acid groups (broad SMARTS) is 1. The smallest absolute Gasteiger partial charge is 0.328 e. The van der Waals surface area contributed by atoms with Crippen LogP contribution in [0.2, 0.25) is 0 Å². The molecule has 1 aromatic carbocycles. The number of likely N-dealkylation sites (N-methyl/N-ethyl adjacent to an activating group) is 1. The van der Waals surface area contributed by atoms with E-state index in [9.17, 15) is 4.79 Å². The van der Waals surface area contributed by atoms with Crippen molar-refractivity contribution in [3.63, 3.8) is 0 Å². The Morgan fingerprint density at radius 3 is 2.75 bits per heavy atom. The number of carboxylic acids is 1. The lowest BCUT2D eigenvalue weighted by molar-refractivity contribution is -0.131. The van der Waals surface area contributed by atoms with Crippen LogP contribution in [0.1, 0.15) is 18.1 Å². The van der Waals surface area contributed by atoms with Gasteiger partial charge in [-0.2, -0.15) is 0 Å². The van der Waals surface area contributed by atoms with Crippen molar-refractivity contribution in [3.05, 3.63) is 35.4 Å². The molecule has 1 unspecified atom stereocenters. The summed E-state index contributed by atoms with van der Waals surface area (Å²) >= 11 is 0. The minimum Gasteiger partial charge on any atom is -0.478 e. The Hall–Kier alpha value is -1.81. The third-order valence-electron chi connectivity index (χ3n) is 3.98. The normalized spacial score (nSPS) is 20.6. The summed E-state index contributed by atoms with van der Waals surface area (Å²) in [5, 5.41) is 8.68. The largest absolute Gasteiger partial charge is 0.478 e. The highest BCUT2D eigenvalue weighted by Gasteiger charge is 2.20. The molecule has 108 valence electrons. The van der Waals surface area contributed by atoms with E-state index in [4.69, 9.17) is 5.11 Å². The molecular formula is C16H22N2O2. The molecule has 1 fully saturated rings. The summed E-state index contributed by atoms with van der Waals surface area (Å²) in [7, 11) is 2.16. The van der Waals surface area contributed by atoms with E-state index in [1.807, 2.05) is 13.0 Å². The molecule has 0 bridgehead atoms. The molecule has 0 amide bonds. The number of benzene rings is 1. The van der Waals surface area contributed by atoms with Crippen LogP contribution in [0.3, 0.4) is 0 Å². The molecule has 0 aliphatic carbocycles. The summed E-state index contributed by atoms with van der Waals surface area (Å²) in [6.45, 7) is 7.39. The first-order valence-electron chi connectivity index (χ1n) is 6.94. The van der Waals surface area contributed by atoms with Crippen LogP contribution in [-0.4, -0.2) is 48.7 Å². The van der Waals surface area contributed by atoms with E-state index in [1.165, 1.54) is 11.8 Å². The second-order valence-electron chi connectivity index (χ2n) is 5.49. The maximum absolute atomic E-state index is 10.6. The molecule has 1 heterocycles. The van der Waals surface area contributed by atoms with Crippen LogP contribution in [0.15, 0.2) is 24.3 Å². The molecule has 1 aliphatic heterocycles. The maximum atomic E-state index is 10.6. The Kier molecular flexibility index (Phi) is 4.45. The number of carbonyl (C=O) groups is 1. The van der Waals surface area contributed by atoms with E-state index >= 15 is 0 Å². The number of aliphatic carboxylic acids is 1. The van der Waals surface area contributed by atoms with Crippen molar-refractivity contribution in [3.8, 4) is 0 Å². The van der Waals surface area contributed by atoms with Gasteiger partial charge in [-0.3, -0.25) is 0 Å². The summed E-state index contributed by atoms with van der Waals surface area (Å²) in [6, 6.07) is 6.76. The Balaban J connectivity index is 2.15. The third kappa shape index (κ3) is 3.39. The Bertz CT molecular complexity index is 525. The number of piperazine rings is 1. The zero-order valence-corrected chi connectivity index (χ0v) is 12.3. The molecule has 4 heteroatoms. The van der Waals surface area contributed by atoms with Crippen LogP contribution in [0.25, 0.3) is 6.08 Å². The summed E-state index contributed by atoms with van der Waals surface area (Å²) in [5.41, 5.74) is 3.28. The zero-order chi connectivity index (χ0) is 14.7. The van der Waals surface area contributed by atoms with E-state index in [2.05, 4.69) is 35.9 Å². The fourth-order valence-corrected chi connectivity index (χ4v) is 2.49. The van der Waals surface area contributed by atoms with Crippen molar-refractivity contribution in [2.45, 2.75) is 19.9 Å². The van der Waals surface area contributed by atoms with Crippen molar-refractivity contribution < 1.29 is 9.90 Å². The third-order valence-corrected chi connectivity index (χ3v) is 3.98. The molecule has 1 aliphatic rings. The van der Waals surface area contributed by atoms with Gasteiger partial charge in [-0.1, -0.05) is 6.07 Å². The van der Waals surface area contributed by atoms with Gasteiger partial charge in [0, 0.05) is 37.4 Å². The molecule has 1 N–H and O–H groups in total. The van der Waals surface area contributed by atoms with Gasteiger partial charge in [-0.25, -0.2) is 4.79 Å². The van der Waals surface area contributed by atoms with E-state index in [0.29, 0.717) is 6.04 Å². The van der Waals surface area contributed by atoms with Crippen molar-refractivity contribution in [2.75, 3.05) is 31.6 Å². The van der Waals surface area contributed by atoms with E-state index in [1.54, 1.807) is 6.08 Å². The molecule has 2 rings (SSSR count). The van der Waals surface area contributed by atoms with Gasteiger partial charge in [0.2, 0.25) is 0 Å². The fraction of sp³-hybridized carbons (Fsp3) is 0.438. The lowest BCUT2D eigenvalue weighted by Crippen LogP contribution is -2.50. The zero-order valence-electron chi connectivity index (χ0n) is 12.3. The number of nitrogens with zero attached hydrogens (tertiary/aromatic N) is 2. The van der Waals surface area contributed by atoms with Crippen LogP contribution >= 0.6 is 0 Å². The number of rotatable bonds is 3. The minimum atomic E-state index is -0.915. The van der Waals surface area contributed by atoms with Crippen molar-refractivity contribution >= 4 is 17.7 Å². The van der Waals surface area contributed by atoms with E-state index < -0.39 is 5.97 Å². The molecule has 0 spiro atoms. The highest BCUT2D eigenvalue weighted by atomic mass is 16.4. The van der Waals surface area contributed by atoms with Gasteiger partial charge < -0.3 is 14.9 Å². The average Bonchev–Trinajstić information content (AvgIpc) is 2.40. The minimum absolute atomic E-state index is 0.552. The van der Waals surface area contributed by atoms with Gasteiger partial charge >= 0.3 is 5.97 Å². The predicted molar refractivity (Wildman–Crippen MR) is 82.2 cm³/mol. The van der Waals surface area contributed by atoms with Crippen LogP contribution in [0.5, 0.6) is 0 Å².